The Morgan fingerprint density at radius 1 is 1.25 bits per heavy atom. The molecule has 0 aliphatic heterocycles. The summed E-state index contributed by atoms with van der Waals surface area (Å²) in [5.41, 5.74) is 2.42. The smallest absolute Gasteiger partial charge is 0.266 e. The standard InChI is InChI=1S/C16H16N2O2/c1-10(2)13-8-11(5-7-15(13)20-3)14-6-4-12(9-17)16(19)18-14/h4-8,10H,1-3H3,(H,18,19). The molecular formula is C16H16N2O2. The van der Waals surface area contributed by atoms with Gasteiger partial charge in [-0.25, -0.2) is 0 Å². The van der Waals surface area contributed by atoms with Crippen molar-refractivity contribution in [2.75, 3.05) is 7.11 Å². The second-order valence-electron chi connectivity index (χ2n) is 4.84. The summed E-state index contributed by atoms with van der Waals surface area (Å²) in [6.07, 6.45) is 0. The maximum atomic E-state index is 11.7. The highest BCUT2D eigenvalue weighted by molar-refractivity contribution is 5.63. The molecule has 0 fully saturated rings. The molecule has 0 aliphatic rings. The Balaban J connectivity index is 2.54. The maximum absolute atomic E-state index is 11.7. The molecule has 0 bridgehead atoms. The van der Waals surface area contributed by atoms with Crippen molar-refractivity contribution in [3.63, 3.8) is 0 Å². The quantitative estimate of drug-likeness (QED) is 0.930. The first-order valence-electron chi connectivity index (χ1n) is 6.38. The SMILES string of the molecule is COc1ccc(-c2ccc(C#N)c(=O)[nH]2)cc1C(C)C. The van der Waals surface area contributed by atoms with Crippen molar-refractivity contribution in [1.29, 1.82) is 5.26 Å². The minimum absolute atomic E-state index is 0.117. The number of rotatable bonds is 3. The normalized spacial score (nSPS) is 10.3. The van der Waals surface area contributed by atoms with Crippen molar-refractivity contribution in [3.05, 3.63) is 51.8 Å². The summed E-state index contributed by atoms with van der Waals surface area (Å²) < 4.78 is 5.34. The summed E-state index contributed by atoms with van der Waals surface area (Å²) in [6, 6.07) is 10.9. The lowest BCUT2D eigenvalue weighted by Gasteiger charge is -2.13. The fourth-order valence-corrected chi connectivity index (χ4v) is 2.08. The van der Waals surface area contributed by atoms with Crippen molar-refractivity contribution < 1.29 is 4.74 Å². The zero-order valence-electron chi connectivity index (χ0n) is 11.7. The van der Waals surface area contributed by atoms with Crippen LogP contribution in [-0.4, -0.2) is 12.1 Å². The number of benzene rings is 1. The topological polar surface area (TPSA) is 65.9 Å². The van der Waals surface area contributed by atoms with E-state index in [1.165, 1.54) is 6.07 Å². The summed E-state index contributed by atoms with van der Waals surface area (Å²) in [6.45, 7) is 4.17. The minimum atomic E-state index is -0.369. The van der Waals surface area contributed by atoms with Gasteiger partial charge in [-0.1, -0.05) is 13.8 Å². The van der Waals surface area contributed by atoms with Crippen molar-refractivity contribution in [1.82, 2.24) is 4.98 Å². The molecule has 1 aromatic carbocycles. The number of nitrogens with zero attached hydrogens (tertiary/aromatic N) is 1. The van der Waals surface area contributed by atoms with Crippen molar-refractivity contribution >= 4 is 0 Å². The van der Waals surface area contributed by atoms with Crippen LogP contribution in [0.3, 0.4) is 0 Å². The number of hydrogen-bond acceptors (Lipinski definition) is 3. The molecular weight excluding hydrogens is 252 g/mol. The minimum Gasteiger partial charge on any atom is -0.496 e. The van der Waals surface area contributed by atoms with Gasteiger partial charge in [0.2, 0.25) is 0 Å². The van der Waals surface area contributed by atoms with E-state index in [1.54, 1.807) is 13.2 Å². The van der Waals surface area contributed by atoms with Crippen LogP contribution >= 0.6 is 0 Å². The predicted molar refractivity (Wildman–Crippen MR) is 77.9 cm³/mol. The van der Waals surface area contributed by atoms with Gasteiger partial charge in [0.25, 0.3) is 5.56 Å². The van der Waals surface area contributed by atoms with E-state index in [2.05, 4.69) is 18.8 Å². The monoisotopic (exact) mass is 268 g/mol. The number of pyridine rings is 1. The molecule has 0 saturated heterocycles. The number of hydrogen-bond donors (Lipinski definition) is 1. The van der Waals surface area contributed by atoms with E-state index in [0.717, 1.165) is 16.9 Å². The molecule has 0 atom stereocenters. The molecule has 1 heterocycles. The molecule has 0 spiro atoms. The van der Waals surface area contributed by atoms with Crippen molar-refractivity contribution in [2.45, 2.75) is 19.8 Å². The number of aromatic amines is 1. The van der Waals surface area contributed by atoms with Crippen LogP contribution in [0.4, 0.5) is 0 Å². The second-order valence-corrected chi connectivity index (χ2v) is 4.84. The number of nitriles is 1. The molecule has 0 unspecified atom stereocenters. The van der Waals surface area contributed by atoms with Gasteiger partial charge in [0, 0.05) is 5.69 Å². The molecule has 2 rings (SSSR count). The summed E-state index contributed by atoms with van der Waals surface area (Å²) in [4.78, 5) is 14.4. The third-order valence-corrected chi connectivity index (χ3v) is 3.19. The molecule has 0 amide bonds. The zero-order chi connectivity index (χ0) is 14.7. The van der Waals surface area contributed by atoms with Crippen LogP contribution in [0, 0.1) is 11.3 Å². The fraction of sp³-hybridized carbons (Fsp3) is 0.250. The fourth-order valence-electron chi connectivity index (χ4n) is 2.08. The van der Waals surface area contributed by atoms with Gasteiger partial charge in [-0.05, 0) is 47.4 Å². The predicted octanol–water partition coefficient (Wildman–Crippen LogP) is 3.05. The van der Waals surface area contributed by atoms with Crippen LogP contribution in [0.5, 0.6) is 5.75 Å². The van der Waals surface area contributed by atoms with Gasteiger partial charge in [0.1, 0.15) is 17.4 Å². The second kappa shape index (κ2) is 5.62. The summed E-state index contributed by atoms with van der Waals surface area (Å²) in [7, 11) is 1.64. The Bertz CT molecular complexity index is 724. The summed E-state index contributed by atoms with van der Waals surface area (Å²) in [5, 5.41) is 8.78. The third-order valence-electron chi connectivity index (χ3n) is 3.19. The lowest BCUT2D eigenvalue weighted by atomic mass is 9.98. The maximum Gasteiger partial charge on any atom is 0.266 e. The highest BCUT2D eigenvalue weighted by Gasteiger charge is 2.10. The Hall–Kier alpha value is -2.54. The zero-order valence-corrected chi connectivity index (χ0v) is 11.7. The van der Waals surface area contributed by atoms with Gasteiger partial charge in [-0.15, -0.1) is 0 Å². The van der Waals surface area contributed by atoms with Crippen molar-refractivity contribution in [3.8, 4) is 23.1 Å². The molecule has 1 N–H and O–H groups in total. The van der Waals surface area contributed by atoms with Gasteiger partial charge in [0.15, 0.2) is 0 Å². The van der Waals surface area contributed by atoms with Crippen LogP contribution in [0.15, 0.2) is 35.1 Å². The van der Waals surface area contributed by atoms with E-state index in [1.807, 2.05) is 24.3 Å². The number of H-pyrrole nitrogens is 1. The Morgan fingerprint density at radius 2 is 2.00 bits per heavy atom. The van der Waals surface area contributed by atoms with Gasteiger partial charge < -0.3 is 9.72 Å². The molecule has 4 heteroatoms. The molecule has 0 saturated carbocycles. The van der Waals surface area contributed by atoms with E-state index >= 15 is 0 Å². The van der Waals surface area contributed by atoms with E-state index in [-0.39, 0.29) is 11.1 Å². The highest BCUT2D eigenvalue weighted by Crippen LogP contribution is 2.30. The van der Waals surface area contributed by atoms with E-state index < -0.39 is 0 Å². The Labute approximate surface area is 117 Å². The van der Waals surface area contributed by atoms with Gasteiger partial charge in [-0.3, -0.25) is 4.79 Å². The Kier molecular flexibility index (Phi) is 3.90. The number of methoxy groups -OCH3 is 1. The van der Waals surface area contributed by atoms with Crippen LogP contribution in [0.2, 0.25) is 0 Å². The average Bonchev–Trinajstić information content (AvgIpc) is 2.46. The first-order valence-corrected chi connectivity index (χ1v) is 6.38. The summed E-state index contributed by atoms with van der Waals surface area (Å²) in [5.74, 6) is 1.15. The van der Waals surface area contributed by atoms with Crippen LogP contribution in [-0.2, 0) is 0 Å². The molecule has 0 aliphatic carbocycles. The van der Waals surface area contributed by atoms with Crippen LogP contribution in [0.25, 0.3) is 11.3 Å². The van der Waals surface area contributed by atoms with Gasteiger partial charge in [0.05, 0.1) is 7.11 Å². The van der Waals surface area contributed by atoms with Gasteiger partial charge >= 0.3 is 0 Å². The van der Waals surface area contributed by atoms with Gasteiger partial charge in [-0.2, -0.15) is 5.26 Å². The molecule has 20 heavy (non-hydrogen) atoms. The average molecular weight is 268 g/mol. The Morgan fingerprint density at radius 3 is 2.55 bits per heavy atom. The summed E-state index contributed by atoms with van der Waals surface area (Å²) >= 11 is 0. The lowest BCUT2D eigenvalue weighted by Crippen LogP contribution is -2.10. The first kappa shape index (κ1) is 13.9. The van der Waals surface area contributed by atoms with E-state index in [4.69, 9.17) is 10.00 Å². The highest BCUT2D eigenvalue weighted by atomic mass is 16.5. The lowest BCUT2D eigenvalue weighted by molar-refractivity contribution is 0.407. The molecule has 4 nitrogen and oxygen atoms in total. The third kappa shape index (κ3) is 2.57. The first-order chi connectivity index (χ1) is 9.56. The molecule has 2 aromatic rings. The molecule has 102 valence electrons. The number of nitrogens with one attached hydrogen (secondary N) is 1. The number of ether oxygens (including phenoxy) is 1. The van der Waals surface area contributed by atoms with Crippen LogP contribution in [0.1, 0.15) is 30.9 Å². The van der Waals surface area contributed by atoms with Crippen molar-refractivity contribution in [2.24, 2.45) is 0 Å². The van der Waals surface area contributed by atoms with E-state index in [0.29, 0.717) is 11.6 Å². The van der Waals surface area contributed by atoms with E-state index in [9.17, 15) is 4.79 Å². The molecule has 0 radical (unpaired) electrons. The van der Waals surface area contributed by atoms with Crippen LogP contribution < -0.4 is 10.3 Å². The largest absolute Gasteiger partial charge is 0.496 e. The molecule has 1 aromatic heterocycles. The number of aromatic nitrogens is 1.